The predicted octanol–water partition coefficient (Wildman–Crippen LogP) is 1.66. The number of halogens is 2. The number of hydrogen-bond acceptors (Lipinski definition) is 3. The van der Waals surface area contributed by atoms with Crippen molar-refractivity contribution in [2.45, 2.75) is 6.61 Å². The minimum atomic E-state index is -2.88. The van der Waals surface area contributed by atoms with Gasteiger partial charge in [-0.25, -0.2) is 0 Å². The van der Waals surface area contributed by atoms with Crippen molar-refractivity contribution >= 4 is 0 Å². The Hall–Kier alpha value is -1.36. The first kappa shape index (κ1) is 10.7. The van der Waals surface area contributed by atoms with Crippen molar-refractivity contribution in [1.29, 1.82) is 0 Å². The number of benzene rings is 1. The first-order chi connectivity index (χ1) is 6.74. The van der Waals surface area contributed by atoms with Crippen molar-refractivity contribution < 1.29 is 23.4 Å². The Morgan fingerprint density at radius 3 is 2.43 bits per heavy atom. The Morgan fingerprint density at radius 1 is 1.21 bits per heavy atom. The van der Waals surface area contributed by atoms with Gasteiger partial charge in [0.15, 0.2) is 11.5 Å². The maximum absolute atomic E-state index is 11.9. The minimum absolute atomic E-state index is 0.0315. The molecule has 0 spiro atoms. The molecule has 0 saturated heterocycles. The third kappa shape index (κ3) is 3.18. The molecular formula is C9H10F2O3. The van der Waals surface area contributed by atoms with E-state index in [1.807, 2.05) is 0 Å². The Balaban J connectivity index is 2.69. The van der Waals surface area contributed by atoms with E-state index in [0.717, 1.165) is 0 Å². The molecule has 0 unspecified atom stereocenters. The number of rotatable bonds is 5. The molecule has 0 bridgehead atoms. The van der Waals surface area contributed by atoms with Crippen molar-refractivity contribution in [2.75, 3.05) is 13.2 Å². The highest BCUT2D eigenvalue weighted by Gasteiger charge is 2.09. The minimum Gasteiger partial charge on any atom is -0.487 e. The van der Waals surface area contributed by atoms with Gasteiger partial charge in [0.05, 0.1) is 6.61 Å². The van der Waals surface area contributed by atoms with E-state index in [1.165, 1.54) is 12.1 Å². The topological polar surface area (TPSA) is 38.7 Å². The van der Waals surface area contributed by atoms with Gasteiger partial charge in [0, 0.05) is 0 Å². The van der Waals surface area contributed by atoms with Crippen LogP contribution in [0.2, 0.25) is 0 Å². The van der Waals surface area contributed by atoms with E-state index in [0.29, 0.717) is 0 Å². The molecule has 0 heterocycles. The zero-order chi connectivity index (χ0) is 10.4. The van der Waals surface area contributed by atoms with Gasteiger partial charge in [-0.2, -0.15) is 8.78 Å². The molecule has 1 N–H and O–H groups in total. The molecule has 1 rings (SSSR count). The van der Waals surface area contributed by atoms with E-state index in [4.69, 9.17) is 9.84 Å². The number of ether oxygens (including phenoxy) is 2. The van der Waals surface area contributed by atoms with Gasteiger partial charge >= 0.3 is 6.61 Å². The lowest BCUT2D eigenvalue weighted by Gasteiger charge is -2.10. The van der Waals surface area contributed by atoms with Crippen molar-refractivity contribution in [3.8, 4) is 11.5 Å². The van der Waals surface area contributed by atoms with E-state index in [9.17, 15) is 8.78 Å². The van der Waals surface area contributed by atoms with Crippen LogP contribution in [-0.2, 0) is 0 Å². The quantitative estimate of drug-likeness (QED) is 0.792. The van der Waals surface area contributed by atoms with Crippen LogP contribution in [0.25, 0.3) is 0 Å². The summed E-state index contributed by atoms with van der Waals surface area (Å²) < 4.78 is 33.0. The number of para-hydroxylation sites is 2. The standard InChI is InChI=1S/C9H10F2O3/c10-9(11)14-8-4-2-1-3-7(8)13-6-5-12/h1-4,9,12H,5-6H2. The Kier molecular flexibility index (Phi) is 4.12. The molecule has 0 fully saturated rings. The van der Waals surface area contributed by atoms with E-state index in [2.05, 4.69) is 4.74 Å². The second kappa shape index (κ2) is 5.39. The molecule has 14 heavy (non-hydrogen) atoms. The van der Waals surface area contributed by atoms with Gasteiger partial charge in [0.2, 0.25) is 0 Å². The average Bonchev–Trinajstić information content (AvgIpc) is 2.16. The van der Waals surface area contributed by atoms with Crippen LogP contribution in [0.15, 0.2) is 24.3 Å². The van der Waals surface area contributed by atoms with Crippen LogP contribution in [0.5, 0.6) is 11.5 Å². The third-order valence-electron chi connectivity index (χ3n) is 1.41. The summed E-state index contributed by atoms with van der Waals surface area (Å²) in [7, 11) is 0. The molecule has 0 aliphatic heterocycles. The highest BCUT2D eigenvalue weighted by molar-refractivity contribution is 5.39. The summed E-state index contributed by atoms with van der Waals surface area (Å²) in [4.78, 5) is 0. The van der Waals surface area contributed by atoms with Gasteiger partial charge in [-0.05, 0) is 12.1 Å². The van der Waals surface area contributed by atoms with Crippen LogP contribution >= 0.6 is 0 Å². The Bertz CT molecular complexity index is 279. The number of aliphatic hydroxyl groups is 1. The highest BCUT2D eigenvalue weighted by Crippen LogP contribution is 2.27. The monoisotopic (exact) mass is 204 g/mol. The number of aliphatic hydroxyl groups excluding tert-OH is 1. The number of hydrogen-bond donors (Lipinski definition) is 1. The molecule has 1 aromatic rings. The summed E-state index contributed by atoms with van der Waals surface area (Å²) in [6.07, 6.45) is 0. The second-order valence-corrected chi connectivity index (χ2v) is 2.40. The largest absolute Gasteiger partial charge is 0.487 e. The fraction of sp³-hybridized carbons (Fsp3) is 0.333. The zero-order valence-electron chi connectivity index (χ0n) is 7.32. The van der Waals surface area contributed by atoms with Gasteiger partial charge in [0.1, 0.15) is 6.61 Å². The smallest absolute Gasteiger partial charge is 0.387 e. The summed E-state index contributed by atoms with van der Waals surface area (Å²) in [5, 5.41) is 8.49. The van der Waals surface area contributed by atoms with Crippen molar-refractivity contribution in [1.82, 2.24) is 0 Å². The third-order valence-corrected chi connectivity index (χ3v) is 1.41. The molecule has 3 nitrogen and oxygen atoms in total. The van der Waals surface area contributed by atoms with E-state index in [-0.39, 0.29) is 24.7 Å². The summed E-state index contributed by atoms with van der Waals surface area (Å²) in [5.74, 6) is 0.165. The maximum atomic E-state index is 11.9. The summed E-state index contributed by atoms with van der Waals surface area (Å²) in [6.45, 7) is -3.01. The molecule has 0 aliphatic carbocycles. The van der Waals surface area contributed by atoms with Gasteiger partial charge < -0.3 is 14.6 Å². The maximum Gasteiger partial charge on any atom is 0.387 e. The van der Waals surface area contributed by atoms with Crippen LogP contribution in [0.4, 0.5) is 8.78 Å². The van der Waals surface area contributed by atoms with Crippen molar-refractivity contribution in [3.63, 3.8) is 0 Å². The summed E-state index contributed by atoms with van der Waals surface area (Å²) in [5.41, 5.74) is 0. The lowest BCUT2D eigenvalue weighted by atomic mass is 10.3. The van der Waals surface area contributed by atoms with E-state index in [1.54, 1.807) is 12.1 Å². The van der Waals surface area contributed by atoms with Crippen LogP contribution < -0.4 is 9.47 Å². The molecule has 0 amide bonds. The zero-order valence-corrected chi connectivity index (χ0v) is 7.32. The van der Waals surface area contributed by atoms with Crippen LogP contribution in [0, 0.1) is 0 Å². The Labute approximate surface area is 79.9 Å². The van der Waals surface area contributed by atoms with Crippen LogP contribution in [0.1, 0.15) is 0 Å². The molecule has 0 atom stereocenters. The van der Waals surface area contributed by atoms with Gasteiger partial charge in [-0.1, -0.05) is 12.1 Å². The predicted molar refractivity (Wildman–Crippen MR) is 45.7 cm³/mol. The lowest BCUT2D eigenvalue weighted by Crippen LogP contribution is -2.06. The van der Waals surface area contributed by atoms with Crippen LogP contribution in [-0.4, -0.2) is 24.9 Å². The average molecular weight is 204 g/mol. The molecule has 0 saturated carbocycles. The molecule has 78 valence electrons. The highest BCUT2D eigenvalue weighted by atomic mass is 19.3. The van der Waals surface area contributed by atoms with Crippen molar-refractivity contribution in [2.24, 2.45) is 0 Å². The molecule has 0 radical (unpaired) electrons. The fourth-order valence-electron chi connectivity index (χ4n) is 0.918. The molecular weight excluding hydrogens is 194 g/mol. The van der Waals surface area contributed by atoms with Gasteiger partial charge in [0.25, 0.3) is 0 Å². The van der Waals surface area contributed by atoms with E-state index >= 15 is 0 Å². The molecule has 5 heteroatoms. The van der Waals surface area contributed by atoms with E-state index < -0.39 is 6.61 Å². The number of alkyl halides is 2. The Morgan fingerprint density at radius 2 is 1.86 bits per heavy atom. The first-order valence-corrected chi connectivity index (χ1v) is 4.01. The van der Waals surface area contributed by atoms with Crippen molar-refractivity contribution in [3.05, 3.63) is 24.3 Å². The molecule has 1 aromatic carbocycles. The molecule has 0 aliphatic rings. The fourth-order valence-corrected chi connectivity index (χ4v) is 0.918. The summed E-state index contributed by atoms with van der Waals surface area (Å²) >= 11 is 0. The van der Waals surface area contributed by atoms with Crippen LogP contribution in [0.3, 0.4) is 0 Å². The normalized spacial score (nSPS) is 10.3. The second-order valence-electron chi connectivity index (χ2n) is 2.40. The SMILES string of the molecule is OCCOc1ccccc1OC(F)F. The summed E-state index contributed by atoms with van der Waals surface area (Å²) in [6, 6.07) is 6.06. The molecule has 0 aromatic heterocycles. The van der Waals surface area contributed by atoms with Gasteiger partial charge in [-0.15, -0.1) is 0 Å². The van der Waals surface area contributed by atoms with Gasteiger partial charge in [-0.3, -0.25) is 0 Å². The first-order valence-electron chi connectivity index (χ1n) is 4.01. The lowest BCUT2D eigenvalue weighted by molar-refractivity contribution is -0.0515.